The van der Waals surface area contributed by atoms with Gasteiger partial charge in [-0.15, -0.1) is 0 Å². The van der Waals surface area contributed by atoms with E-state index in [2.05, 4.69) is 38.3 Å². The lowest BCUT2D eigenvalue weighted by molar-refractivity contribution is -0.605. The molecule has 15 rings (SSSR count). The number of aromatic nitrogens is 6. The fourth-order valence-corrected chi connectivity index (χ4v) is 16.9. The molecule has 11 aromatic rings. The Morgan fingerprint density at radius 1 is 0.763 bits per heavy atom. The number of β-amino-alcohol motifs (C(OH)–C–C–N with tert-alkyl or cyclic N) is 1. The molecule has 32 heteroatoms. The minimum Gasteiger partial charge on any atom is -0.619 e. The molecule has 26 nitrogen and oxygen atoms in total. The van der Waals surface area contributed by atoms with E-state index < -0.39 is 62.4 Å². The van der Waals surface area contributed by atoms with Gasteiger partial charge in [0, 0.05) is 141 Å². The van der Waals surface area contributed by atoms with Crippen LogP contribution in [0.2, 0.25) is 10.0 Å². The van der Waals surface area contributed by atoms with E-state index in [-0.39, 0.29) is 92.8 Å². The van der Waals surface area contributed by atoms with Crippen molar-refractivity contribution < 1.29 is 76.5 Å². The number of piperidine rings is 2. The van der Waals surface area contributed by atoms with E-state index >= 15 is 0 Å². The summed E-state index contributed by atoms with van der Waals surface area (Å²) in [5.74, 6) is -1.12. The molecule has 604 valence electrons. The van der Waals surface area contributed by atoms with Gasteiger partial charge in [0.15, 0.2) is 28.9 Å². The summed E-state index contributed by atoms with van der Waals surface area (Å²) < 4.78 is 80.1. The normalized spacial score (nSPS) is 19.1. The molecule has 4 fully saturated rings. The number of alkyl halides is 3. The summed E-state index contributed by atoms with van der Waals surface area (Å²) in [6.45, 7) is 7.90. The predicted octanol–water partition coefficient (Wildman–Crippen LogP) is 13.0. The fourth-order valence-electron chi connectivity index (χ4n) is 14.7. The van der Waals surface area contributed by atoms with Gasteiger partial charge < -0.3 is 79.6 Å². The van der Waals surface area contributed by atoms with Crippen molar-refractivity contribution in [3.8, 4) is 51.5 Å². The van der Waals surface area contributed by atoms with Crippen LogP contribution in [0.5, 0.6) is 28.9 Å². The van der Waals surface area contributed by atoms with E-state index in [1.807, 2.05) is 40.7 Å². The van der Waals surface area contributed by atoms with Crippen molar-refractivity contribution in [2.24, 2.45) is 0 Å². The summed E-state index contributed by atoms with van der Waals surface area (Å²) in [4.78, 5) is 44.8. The SMILES string of the molecule is CCc1cnn2c(CCc3ccc[n+]([O-])c3)cc(N3CCCCC3CCO)nc12.CN1CCC(c2c(O)cc(O)c3c(=O)cc(-c4ccccc4Cl)oc23)[C@@H]1CO.CN1CC[C@@H](c2c(O)cc(O)c3c(=O)cc(-c4ccccc4Cl)oc23)[C@@H](O)C1.C[C@@H](O)[C@@H](C)Oc1nc(Nc2ccc(S(=N)(=O)C3CC3)cc2)ncc1C(F)(F)F. The second kappa shape index (κ2) is 35.7. The Kier molecular flexibility index (Phi) is 26.1. The average Bonchev–Trinajstić information content (AvgIpc) is 1.63. The lowest BCUT2D eigenvalue weighted by Gasteiger charge is -2.36. The van der Waals surface area contributed by atoms with Crippen LogP contribution in [0.1, 0.15) is 117 Å². The van der Waals surface area contributed by atoms with Crippen molar-refractivity contribution >= 4 is 78.0 Å². The van der Waals surface area contributed by atoms with Crippen LogP contribution in [0.4, 0.5) is 30.6 Å². The van der Waals surface area contributed by atoms with Crippen LogP contribution in [-0.2, 0) is 35.2 Å². The highest BCUT2D eigenvalue weighted by molar-refractivity contribution is 7.93. The molecule has 0 amide bonds. The van der Waals surface area contributed by atoms with Gasteiger partial charge in [0.05, 0.1) is 44.8 Å². The van der Waals surface area contributed by atoms with Crippen LogP contribution in [0.15, 0.2) is 163 Å². The Labute approximate surface area is 664 Å². The van der Waals surface area contributed by atoms with E-state index in [1.165, 1.54) is 38.6 Å². The number of benzene rings is 5. The van der Waals surface area contributed by atoms with E-state index in [1.54, 1.807) is 85.1 Å². The number of pyridine rings is 1. The molecule has 10 N–H and O–H groups in total. The number of halogens is 5. The molecule has 4 aliphatic rings. The summed E-state index contributed by atoms with van der Waals surface area (Å²) in [6.07, 6.45) is 7.72. The molecule has 3 saturated heterocycles. The topological polar surface area (TPSA) is 377 Å². The molecule has 5 aromatic carbocycles. The molecule has 3 aliphatic heterocycles. The first kappa shape index (κ1) is 83.3. The molecular formula is C82H90Cl2F3N11O15S. The number of nitrogens with one attached hydrogen (secondary N) is 2. The van der Waals surface area contributed by atoms with Crippen molar-refractivity contribution in [2.45, 2.75) is 150 Å². The molecule has 6 aromatic heterocycles. The summed E-state index contributed by atoms with van der Waals surface area (Å²) in [5.41, 5.74) is 4.61. The first-order valence-electron chi connectivity index (χ1n) is 37.5. The maximum Gasteiger partial charge on any atom is 0.423 e. The van der Waals surface area contributed by atoms with Gasteiger partial charge in [0.25, 0.3) is 0 Å². The first-order chi connectivity index (χ1) is 54.5. The number of fused-ring (bicyclic) bond motifs is 3. The zero-order valence-corrected chi connectivity index (χ0v) is 65.5. The van der Waals surface area contributed by atoms with E-state index in [9.17, 15) is 73.0 Å². The van der Waals surface area contributed by atoms with Crippen molar-refractivity contribution in [1.82, 2.24) is 34.4 Å². The number of rotatable bonds is 19. The monoisotopic (exact) mass is 1630 g/mol. The molecule has 0 bridgehead atoms. The highest BCUT2D eigenvalue weighted by atomic mass is 35.5. The standard InChI is InChI=1S/C22H29N5O2.2C21H20ClNO5.C18H21F3N4O3S/c1-2-18-15-23-27-20(9-8-17-6-5-11-25(29)16-17)14-21(24-22(18)27)26-12-4-3-7-19(26)10-13-28;1-23-7-6-12(14(23)10-24)19-15(25)8-16(26)20-17(27)9-18(28-21(19)20)11-4-2-3-5-13(11)22;1-23-7-6-12(17(27)10-23)19-14(24)8-15(25)20-16(26)9-18(28-21(19)20)11-4-2-3-5-13(11)22;1-10(26)11(2)28-16-15(18(19,20)21)9-23-17(25-16)24-12-3-5-13(6-4-12)29(22,27)14-7-8-14/h5-6,11,14-16,19,28H,2-4,7-10,12-13H2,1H3;2-5,8-9,12,14,24-26H,6-7,10H2,1H3;2-5,8-9,12,17,24-25,27H,6-7,10H2,1H3;3-6,9-11,14,22,26H,7-8H2,1-2H3,(H,23,24,25)/t;12?,14-;12-,17+;10-,11-,29?/m.011/s1. The summed E-state index contributed by atoms with van der Waals surface area (Å²) in [6, 6.07) is 31.0. The molecule has 0 radical (unpaired) electrons. The Bertz CT molecular complexity index is 5520. The Hall–Kier alpha value is -10.2. The molecule has 114 heavy (non-hydrogen) atoms. The number of aliphatic hydroxyl groups is 4. The van der Waals surface area contributed by atoms with Gasteiger partial charge in [0.2, 0.25) is 11.8 Å². The third-order valence-electron chi connectivity index (χ3n) is 21.2. The predicted molar refractivity (Wildman–Crippen MR) is 427 cm³/mol. The van der Waals surface area contributed by atoms with Crippen molar-refractivity contribution in [3.63, 3.8) is 0 Å². The van der Waals surface area contributed by atoms with Gasteiger partial charge in [0.1, 0.15) is 73.9 Å². The number of ether oxygens (including phenoxy) is 1. The zero-order valence-electron chi connectivity index (χ0n) is 63.2. The highest BCUT2D eigenvalue weighted by Crippen LogP contribution is 2.47. The number of hydrogen-bond donors (Lipinski definition) is 10. The number of aliphatic hydroxyl groups excluding tert-OH is 4. The summed E-state index contributed by atoms with van der Waals surface area (Å²) >= 11 is 12.5. The molecule has 0 spiro atoms. The maximum atomic E-state index is 13.2. The average molecular weight is 1630 g/mol. The number of nitrogens with zero attached hydrogens (tertiary/aromatic N) is 9. The van der Waals surface area contributed by atoms with Crippen LogP contribution in [0.25, 0.3) is 50.2 Å². The number of anilines is 3. The molecule has 1 aliphatic carbocycles. The largest absolute Gasteiger partial charge is 0.619 e. The Morgan fingerprint density at radius 2 is 1.38 bits per heavy atom. The van der Waals surface area contributed by atoms with Crippen LogP contribution in [0.3, 0.4) is 0 Å². The van der Waals surface area contributed by atoms with Crippen LogP contribution >= 0.6 is 23.2 Å². The maximum absolute atomic E-state index is 13.2. The van der Waals surface area contributed by atoms with Gasteiger partial charge in [-0.25, -0.2) is 23.5 Å². The molecular weight excluding hydrogens is 1540 g/mol. The summed E-state index contributed by atoms with van der Waals surface area (Å²) in [5, 5.41) is 101. The first-order valence-corrected chi connectivity index (χ1v) is 39.9. The second-order valence-electron chi connectivity index (χ2n) is 29.0. The van der Waals surface area contributed by atoms with Crippen molar-refractivity contribution in [2.75, 3.05) is 63.7 Å². The number of aryl methyl sites for hydroxylation is 3. The van der Waals surface area contributed by atoms with Crippen LogP contribution < -0.4 is 30.5 Å². The lowest BCUT2D eigenvalue weighted by Crippen LogP contribution is -2.40. The zero-order chi connectivity index (χ0) is 81.6. The third-order valence-corrected chi connectivity index (χ3v) is 24.2. The molecule has 3 unspecified atom stereocenters. The minimum absolute atomic E-state index is 0.00912. The number of likely N-dealkylation sites (N-methyl/N-ethyl adjacent to an activating group) is 2. The van der Waals surface area contributed by atoms with Gasteiger partial charge in [-0.1, -0.05) is 54.4 Å². The van der Waals surface area contributed by atoms with Gasteiger partial charge in [-0.2, -0.15) is 28.0 Å². The van der Waals surface area contributed by atoms with Crippen molar-refractivity contribution in [3.05, 3.63) is 209 Å². The molecule has 8 atom stereocenters. The minimum atomic E-state index is -4.72. The molecule has 9 heterocycles. The number of likely N-dealkylation sites (tertiary alicyclic amines) is 2. The lowest BCUT2D eigenvalue weighted by atomic mass is 9.85. The highest BCUT2D eigenvalue weighted by Gasteiger charge is 2.40. The van der Waals surface area contributed by atoms with Gasteiger partial charge >= 0.3 is 6.18 Å². The van der Waals surface area contributed by atoms with Crippen LogP contribution in [0, 0.1) is 9.99 Å². The quantitative estimate of drug-likeness (QED) is 0.0265. The Morgan fingerprint density at radius 3 is 1.94 bits per heavy atom. The number of aromatic hydroxyl groups is 4. The van der Waals surface area contributed by atoms with Crippen molar-refractivity contribution in [1.29, 1.82) is 4.78 Å². The van der Waals surface area contributed by atoms with Gasteiger partial charge in [-0.05, 0) is 166 Å². The number of phenols is 4. The summed E-state index contributed by atoms with van der Waals surface area (Å²) in [7, 11) is 0.968. The molecule has 1 saturated carbocycles. The third kappa shape index (κ3) is 18.6. The van der Waals surface area contributed by atoms with E-state index in [0.29, 0.717) is 74.5 Å². The van der Waals surface area contributed by atoms with Crippen LogP contribution in [-0.4, -0.2) is 169 Å². The smallest absolute Gasteiger partial charge is 0.423 e. The number of phenolic OH excluding ortho intramolecular Hbond substituents is 4. The number of hydrogen-bond acceptors (Lipinski definition) is 24. The Balaban J connectivity index is 0.000000141. The van der Waals surface area contributed by atoms with E-state index in [4.69, 9.17) is 46.5 Å². The second-order valence-corrected chi connectivity index (χ2v) is 32.2. The van der Waals surface area contributed by atoms with Gasteiger partial charge in [-0.3, -0.25) is 9.59 Å². The van der Waals surface area contributed by atoms with E-state index in [0.717, 1.165) is 116 Å². The fraction of sp³-hybridized carbons (Fsp3) is 0.378.